The van der Waals surface area contributed by atoms with E-state index in [1.807, 2.05) is 21.0 Å². The molecule has 1 saturated heterocycles. The van der Waals surface area contributed by atoms with Crippen LogP contribution in [0.1, 0.15) is 23.7 Å². The number of carbonyl (C=O) groups excluding carboxylic acids is 1. The van der Waals surface area contributed by atoms with Crippen LogP contribution in [-0.2, 0) is 0 Å². The normalized spacial score (nSPS) is 18.6. The van der Waals surface area contributed by atoms with E-state index in [4.69, 9.17) is 0 Å². The summed E-state index contributed by atoms with van der Waals surface area (Å²) in [5.41, 5.74) is 0.736. The average Bonchev–Trinajstić information content (AvgIpc) is 2.90. The quantitative estimate of drug-likeness (QED) is 0.916. The lowest BCUT2D eigenvalue weighted by Gasteiger charge is -2.21. The fourth-order valence-electron chi connectivity index (χ4n) is 2.58. The van der Waals surface area contributed by atoms with Crippen LogP contribution in [0.4, 0.5) is 10.1 Å². The molecule has 2 rings (SSSR count). The molecule has 5 heteroatoms. The molecule has 1 aromatic carbocycles. The number of amides is 1. The topological polar surface area (TPSA) is 35.6 Å². The van der Waals surface area contributed by atoms with E-state index in [0.29, 0.717) is 30.4 Å². The van der Waals surface area contributed by atoms with Gasteiger partial charge < -0.3 is 15.1 Å². The average molecular weight is 279 g/mol. The summed E-state index contributed by atoms with van der Waals surface area (Å²) in [4.78, 5) is 16.5. The van der Waals surface area contributed by atoms with Gasteiger partial charge in [-0.15, -0.1) is 0 Å². The molecule has 1 amide bonds. The second-order valence-corrected chi connectivity index (χ2v) is 5.35. The highest BCUT2D eigenvalue weighted by Gasteiger charge is 2.29. The van der Waals surface area contributed by atoms with Crippen LogP contribution in [-0.4, -0.2) is 55.5 Å². The lowest BCUT2D eigenvalue weighted by Crippen LogP contribution is -2.34. The van der Waals surface area contributed by atoms with Gasteiger partial charge in [0, 0.05) is 25.7 Å². The summed E-state index contributed by atoms with van der Waals surface area (Å²) in [6.07, 6.45) is 0.963. The van der Waals surface area contributed by atoms with Gasteiger partial charge in [0.2, 0.25) is 0 Å². The fourth-order valence-corrected chi connectivity index (χ4v) is 2.58. The summed E-state index contributed by atoms with van der Waals surface area (Å²) in [5.74, 6) is -0.467. The predicted octanol–water partition coefficient (Wildman–Crippen LogP) is 2.03. The molecule has 1 aliphatic heterocycles. The first kappa shape index (κ1) is 14.8. The van der Waals surface area contributed by atoms with Crippen molar-refractivity contribution < 1.29 is 9.18 Å². The molecule has 1 heterocycles. The molecule has 20 heavy (non-hydrogen) atoms. The van der Waals surface area contributed by atoms with Crippen molar-refractivity contribution in [2.24, 2.45) is 0 Å². The monoisotopic (exact) mass is 279 g/mol. The van der Waals surface area contributed by atoms with Gasteiger partial charge in [0.25, 0.3) is 5.91 Å². The van der Waals surface area contributed by atoms with E-state index in [1.165, 1.54) is 6.07 Å². The van der Waals surface area contributed by atoms with Crippen LogP contribution in [0.2, 0.25) is 0 Å². The van der Waals surface area contributed by atoms with Gasteiger partial charge in [-0.3, -0.25) is 4.79 Å². The largest absolute Gasteiger partial charge is 0.382 e. The number of hydrogen-bond acceptors (Lipinski definition) is 3. The number of carbonyl (C=O) groups is 1. The molecule has 1 aliphatic rings. The van der Waals surface area contributed by atoms with Crippen molar-refractivity contribution in [1.29, 1.82) is 0 Å². The molecule has 110 valence electrons. The molecule has 0 aliphatic carbocycles. The van der Waals surface area contributed by atoms with E-state index in [9.17, 15) is 9.18 Å². The van der Waals surface area contributed by atoms with Crippen molar-refractivity contribution in [3.05, 3.63) is 29.6 Å². The summed E-state index contributed by atoms with van der Waals surface area (Å²) in [6, 6.07) is 5.03. The number of hydrogen-bond donors (Lipinski definition) is 1. The summed E-state index contributed by atoms with van der Waals surface area (Å²) in [6.45, 7) is 3.90. The first-order valence-corrected chi connectivity index (χ1v) is 7.02. The number of nitrogens with zero attached hydrogens (tertiary/aromatic N) is 2. The summed E-state index contributed by atoms with van der Waals surface area (Å²) < 4.78 is 13.8. The fraction of sp³-hybridized carbons (Fsp3) is 0.533. The number of anilines is 1. The molecule has 1 atom stereocenters. The van der Waals surface area contributed by atoms with Gasteiger partial charge in [-0.1, -0.05) is 6.07 Å². The standard InChI is InChI=1S/C15H22FN3O/c1-4-17-14-12(6-5-7-13(14)16)15(20)19-9-8-11(10-19)18(2)3/h5-7,11,17H,4,8-10H2,1-3H3. The minimum absolute atomic E-state index is 0.0928. The number of benzene rings is 1. The van der Waals surface area contributed by atoms with E-state index in [0.717, 1.165) is 13.0 Å². The number of nitrogens with one attached hydrogen (secondary N) is 1. The lowest BCUT2D eigenvalue weighted by atomic mass is 10.1. The molecular weight excluding hydrogens is 257 g/mol. The van der Waals surface area contributed by atoms with Crippen LogP contribution in [0.25, 0.3) is 0 Å². The Bertz CT molecular complexity index is 490. The SMILES string of the molecule is CCNc1c(F)cccc1C(=O)N1CCC(N(C)C)C1. The number of likely N-dealkylation sites (N-methyl/N-ethyl adjacent to an activating group) is 1. The number of likely N-dealkylation sites (tertiary alicyclic amines) is 1. The molecule has 1 aromatic rings. The van der Waals surface area contributed by atoms with Crippen molar-refractivity contribution in [1.82, 2.24) is 9.80 Å². The van der Waals surface area contributed by atoms with Crippen LogP contribution in [0.5, 0.6) is 0 Å². The zero-order valence-electron chi connectivity index (χ0n) is 12.3. The van der Waals surface area contributed by atoms with Gasteiger partial charge in [-0.2, -0.15) is 0 Å². The van der Waals surface area contributed by atoms with Crippen molar-refractivity contribution in [3.8, 4) is 0 Å². The molecule has 1 unspecified atom stereocenters. The predicted molar refractivity (Wildman–Crippen MR) is 78.6 cm³/mol. The van der Waals surface area contributed by atoms with Crippen LogP contribution < -0.4 is 5.32 Å². The van der Waals surface area contributed by atoms with Crippen molar-refractivity contribution in [2.75, 3.05) is 39.0 Å². The maximum atomic E-state index is 13.8. The molecule has 0 aromatic heterocycles. The Hall–Kier alpha value is -1.62. The van der Waals surface area contributed by atoms with Gasteiger partial charge in [-0.05, 0) is 39.6 Å². The lowest BCUT2D eigenvalue weighted by molar-refractivity contribution is 0.0783. The van der Waals surface area contributed by atoms with Gasteiger partial charge in [0.15, 0.2) is 0 Å². The third kappa shape index (κ3) is 2.93. The second-order valence-electron chi connectivity index (χ2n) is 5.35. The molecule has 4 nitrogen and oxygen atoms in total. The molecule has 1 N–H and O–H groups in total. The Morgan fingerprint density at radius 3 is 2.85 bits per heavy atom. The molecular formula is C15H22FN3O. The number of halogens is 1. The Labute approximate surface area is 119 Å². The third-order valence-corrected chi connectivity index (χ3v) is 3.78. The van der Waals surface area contributed by atoms with Gasteiger partial charge in [0.05, 0.1) is 11.3 Å². The molecule has 0 bridgehead atoms. The maximum Gasteiger partial charge on any atom is 0.256 e. The maximum absolute atomic E-state index is 13.8. The second kappa shape index (κ2) is 6.22. The number of para-hydroxylation sites is 1. The van der Waals surface area contributed by atoms with Crippen molar-refractivity contribution >= 4 is 11.6 Å². The van der Waals surface area contributed by atoms with Crippen LogP contribution in [0.15, 0.2) is 18.2 Å². The minimum Gasteiger partial charge on any atom is -0.382 e. The smallest absolute Gasteiger partial charge is 0.256 e. The van der Waals surface area contributed by atoms with E-state index in [2.05, 4.69) is 10.2 Å². The van der Waals surface area contributed by atoms with E-state index in [1.54, 1.807) is 17.0 Å². The first-order chi connectivity index (χ1) is 9.54. The van der Waals surface area contributed by atoms with E-state index < -0.39 is 0 Å². The van der Waals surface area contributed by atoms with Gasteiger partial charge in [0.1, 0.15) is 5.82 Å². The van der Waals surface area contributed by atoms with E-state index >= 15 is 0 Å². The van der Waals surface area contributed by atoms with Crippen LogP contribution in [0, 0.1) is 5.82 Å². The molecule has 0 spiro atoms. The Morgan fingerprint density at radius 1 is 1.50 bits per heavy atom. The highest BCUT2D eigenvalue weighted by Crippen LogP contribution is 2.24. The van der Waals surface area contributed by atoms with Gasteiger partial charge >= 0.3 is 0 Å². The summed E-state index contributed by atoms with van der Waals surface area (Å²) >= 11 is 0. The van der Waals surface area contributed by atoms with Crippen LogP contribution >= 0.6 is 0 Å². The van der Waals surface area contributed by atoms with Crippen LogP contribution in [0.3, 0.4) is 0 Å². The molecule has 0 radical (unpaired) electrons. The highest BCUT2D eigenvalue weighted by molar-refractivity contribution is 5.99. The zero-order chi connectivity index (χ0) is 14.7. The summed E-state index contributed by atoms with van der Waals surface area (Å²) in [5, 5.41) is 2.95. The Balaban J connectivity index is 2.20. The van der Waals surface area contributed by atoms with Crippen molar-refractivity contribution in [2.45, 2.75) is 19.4 Å². The first-order valence-electron chi connectivity index (χ1n) is 7.02. The third-order valence-electron chi connectivity index (χ3n) is 3.78. The van der Waals surface area contributed by atoms with E-state index in [-0.39, 0.29) is 11.7 Å². The Morgan fingerprint density at radius 2 is 2.25 bits per heavy atom. The number of rotatable bonds is 4. The Kier molecular flexibility index (Phi) is 4.60. The van der Waals surface area contributed by atoms with Gasteiger partial charge in [-0.25, -0.2) is 4.39 Å². The van der Waals surface area contributed by atoms with Crippen molar-refractivity contribution in [3.63, 3.8) is 0 Å². The molecule has 1 fully saturated rings. The molecule has 0 saturated carbocycles. The zero-order valence-corrected chi connectivity index (χ0v) is 12.3. The minimum atomic E-state index is -0.374. The highest BCUT2D eigenvalue weighted by atomic mass is 19.1. The summed E-state index contributed by atoms with van der Waals surface area (Å²) in [7, 11) is 4.04.